The fourth-order valence-corrected chi connectivity index (χ4v) is 3.95. The Balaban J connectivity index is 1.60. The zero-order valence-electron chi connectivity index (χ0n) is 16.3. The van der Waals surface area contributed by atoms with Gasteiger partial charge in [0.2, 0.25) is 11.8 Å². The Kier molecular flexibility index (Phi) is 11.0. The minimum absolute atomic E-state index is 0.141. The number of hydrogen-bond acceptors (Lipinski definition) is 2. The van der Waals surface area contributed by atoms with E-state index in [4.69, 9.17) is 69.6 Å². The molecule has 0 saturated carbocycles. The summed E-state index contributed by atoms with van der Waals surface area (Å²) in [6.45, 7) is 0. The van der Waals surface area contributed by atoms with Crippen molar-refractivity contribution in [1.82, 2.24) is 0 Å². The Bertz CT molecular complexity index is 876. The molecule has 2 aromatic rings. The SMILES string of the molecule is O=C(CCCCCCCC(=O)Nc1cc(Cl)c(Cl)cc1Cl)Nc1cc(Cl)c(Cl)cc1Cl. The van der Waals surface area contributed by atoms with Crippen molar-refractivity contribution < 1.29 is 9.59 Å². The Labute approximate surface area is 211 Å². The summed E-state index contributed by atoms with van der Waals surface area (Å²) >= 11 is 35.7. The molecule has 2 rings (SSSR count). The van der Waals surface area contributed by atoms with Crippen LogP contribution in [0.2, 0.25) is 30.1 Å². The molecule has 0 heterocycles. The van der Waals surface area contributed by atoms with Crippen molar-refractivity contribution in [2.24, 2.45) is 0 Å². The highest BCUT2D eigenvalue weighted by molar-refractivity contribution is 6.44. The van der Waals surface area contributed by atoms with Gasteiger partial charge in [-0.1, -0.05) is 88.9 Å². The average Bonchev–Trinajstić information content (AvgIpc) is 2.69. The molecule has 2 N–H and O–H groups in total. The molecule has 0 atom stereocenters. The standard InChI is InChI=1S/C21H20Cl6N2O2/c22-12-8-16(26)18(10-14(12)24)28-20(30)6-4-2-1-3-5-7-21(31)29-19-11-15(25)13(23)9-17(19)27/h8-11H,1-7H2,(H,28,30)(H,29,31). The van der Waals surface area contributed by atoms with E-state index in [-0.39, 0.29) is 11.8 Å². The summed E-state index contributed by atoms with van der Waals surface area (Å²) in [5.74, 6) is -0.281. The minimum atomic E-state index is -0.141. The van der Waals surface area contributed by atoms with Crippen LogP contribution in [0.25, 0.3) is 0 Å². The average molecular weight is 545 g/mol. The van der Waals surface area contributed by atoms with Crippen LogP contribution in [0.3, 0.4) is 0 Å². The van der Waals surface area contributed by atoms with Gasteiger partial charge in [0.05, 0.1) is 41.5 Å². The van der Waals surface area contributed by atoms with Crippen molar-refractivity contribution in [1.29, 1.82) is 0 Å². The van der Waals surface area contributed by atoms with Gasteiger partial charge in [0.25, 0.3) is 0 Å². The third-order valence-electron chi connectivity index (χ3n) is 4.38. The number of amides is 2. The van der Waals surface area contributed by atoms with Gasteiger partial charge in [-0.15, -0.1) is 0 Å². The van der Waals surface area contributed by atoms with E-state index in [1.807, 2.05) is 0 Å². The number of unbranched alkanes of at least 4 members (excludes halogenated alkanes) is 4. The lowest BCUT2D eigenvalue weighted by Crippen LogP contribution is -2.12. The normalized spacial score (nSPS) is 10.8. The highest BCUT2D eigenvalue weighted by atomic mass is 35.5. The summed E-state index contributed by atoms with van der Waals surface area (Å²) in [6, 6.07) is 6.04. The first-order chi connectivity index (χ1) is 14.7. The van der Waals surface area contributed by atoms with E-state index < -0.39 is 0 Å². The van der Waals surface area contributed by atoms with Crippen molar-refractivity contribution in [2.45, 2.75) is 44.9 Å². The van der Waals surface area contributed by atoms with Crippen LogP contribution in [0.1, 0.15) is 44.9 Å². The van der Waals surface area contributed by atoms with Crippen LogP contribution in [0.15, 0.2) is 24.3 Å². The summed E-state index contributed by atoms with van der Waals surface area (Å²) in [5, 5.41) is 7.46. The minimum Gasteiger partial charge on any atom is -0.325 e. The lowest BCUT2D eigenvalue weighted by Gasteiger charge is -2.09. The fourth-order valence-electron chi connectivity index (χ4n) is 2.76. The van der Waals surface area contributed by atoms with Crippen LogP contribution in [0.4, 0.5) is 11.4 Å². The number of carbonyl (C=O) groups excluding carboxylic acids is 2. The van der Waals surface area contributed by atoms with Crippen LogP contribution in [-0.4, -0.2) is 11.8 Å². The molecule has 0 aliphatic carbocycles. The third-order valence-corrected chi connectivity index (χ3v) is 6.45. The number of hydrogen-bond donors (Lipinski definition) is 2. The summed E-state index contributed by atoms with van der Waals surface area (Å²) in [4.78, 5) is 24.1. The molecule has 10 heteroatoms. The topological polar surface area (TPSA) is 58.2 Å². The molecular formula is C21H20Cl6N2O2. The van der Waals surface area contributed by atoms with Crippen molar-refractivity contribution in [3.63, 3.8) is 0 Å². The maximum Gasteiger partial charge on any atom is 0.224 e. The summed E-state index contributed by atoms with van der Waals surface area (Å²) in [5.41, 5.74) is 0.878. The van der Waals surface area contributed by atoms with E-state index in [0.717, 1.165) is 32.1 Å². The fraction of sp³-hybridized carbons (Fsp3) is 0.333. The molecule has 0 spiro atoms. The maximum atomic E-state index is 12.1. The van der Waals surface area contributed by atoms with Gasteiger partial charge >= 0.3 is 0 Å². The number of carbonyl (C=O) groups is 2. The first kappa shape index (κ1) is 26.4. The van der Waals surface area contributed by atoms with E-state index >= 15 is 0 Å². The second-order valence-electron chi connectivity index (χ2n) is 6.86. The monoisotopic (exact) mass is 542 g/mol. The molecule has 2 amide bonds. The summed E-state index contributed by atoms with van der Waals surface area (Å²) in [6.07, 6.45) is 4.87. The molecule has 0 fully saturated rings. The lowest BCUT2D eigenvalue weighted by molar-refractivity contribution is -0.117. The molecule has 0 radical (unpaired) electrons. The molecule has 0 saturated heterocycles. The van der Waals surface area contributed by atoms with Gasteiger partial charge in [0, 0.05) is 12.8 Å². The first-order valence-electron chi connectivity index (χ1n) is 9.56. The summed E-state index contributed by atoms with van der Waals surface area (Å²) in [7, 11) is 0. The van der Waals surface area contributed by atoms with Crippen LogP contribution >= 0.6 is 69.6 Å². The van der Waals surface area contributed by atoms with Crippen molar-refractivity contribution in [3.05, 3.63) is 54.4 Å². The van der Waals surface area contributed by atoms with Gasteiger partial charge < -0.3 is 10.6 Å². The molecular weight excluding hydrogens is 525 g/mol. The van der Waals surface area contributed by atoms with E-state index in [2.05, 4.69) is 10.6 Å². The zero-order valence-corrected chi connectivity index (χ0v) is 20.9. The third kappa shape index (κ3) is 8.88. The number of nitrogens with one attached hydrogen (secondary N) is 2. The van der Waals surface area contributed by atoms with Crippen molar-refractivity contribution in [3.8, 4) is 0 Å². The van der Waals surface area contributed by atoms with E-state index in [1.54, 1.807) is 0 Å². The van der Waals surface area contributed by atoms with Crippen molar-refractivity contribution in [2.75, 3.05) is 10.6 Å². The van der Waals surface area contributed by atoms with Crippen LogP contribution in [0, 0.1) is 0 Å². The molecule has 168 valence electrons. The second-order valence-corrected chi connectivity index (χ2v) is 9.30. The Hall–Kier alpha value is -0.880. The molecule has 31 heavy (non-hydrogen) atoms. The van der Waals surface area contributed by atoms with Gasteiger partial charge in [-0.2, -0.15) is 0 Å². The lowest BCUT2D eigenvalue weighted by atomic mass is 10.1. The van der Waals surface area contributed by atoms with Crippen LogP contribution in [0.5, 0.6) is 0 Å². The highest BCUT2D eigenvalue weighted by Gasteiger charge is 2.11. The summed E-state index contributed by atoms with van der Waals surface area (Å²) < 4.78 is 0. The van der Waals surface area contributed by atoms with Gasteiger partial charge in [-0.3, -0.25) is 9.59 Å². The smallest absolute Gasteiger partial charge is 0.224 e. The highest BCUT2D eigenvalue weighted by Crippen LogP contribution is 2.33. The van der Waals surface area contributed by atoms with Gasteiger partial charge in [-0.05, 0) is 37.1 Å². The Morgan fingerprint density at radius 2 is 0.839 bits per heavy atom. The first-order valence-corrected chi connectivity index (χ1v) is 11.8. The molecule has 2 aromatic carbocycles. The van der Waals surface area contributed by atoms with E-state index in [0.29, 0.717) is 54.4 Å². The Morgan fingerprint density at radius 1 is 0.516 bits per heavy atom. The molecule has 0 unspecified atom stereocenters. The van der Waals surface area contributed by atoms with Crippen LogP contribution in [-0.2, 0) is 9.59 Å². The van der Waals surface area contributed by atoms with Crippen molar-refractivity contribution >= 4 is 92.8 Å². The largest absolute Gasteiger partial charge is 0.325 e. The predicted octanol–water partition coefficient (Wildman–Crippen LogP) is 8.91. The quantitative estimate of drug-likeness (QED) is 0.232. The number of anilines is 2. The van der Waals surface area contributed by atoms with E-state index in [9.17, 15) is 9.59 Å². The molecule has 4 nitrogen and oxygen atoms in total. The Morgan fingerprint density at radius 3 is 1.23 bits per heavy atom. The van der Waals surface area contributed by atoms with Gasteiger partial charge in [0.15, 0.2) is 0 Å². The number of halogens is 6. The molecule has 0 aromatic heterocycles. The maximum absolute atomic E-state index is 12.1. The molecule has 0 aliphatic heterocycles. The number of rotatable bonds is 10. The van der Waals surface area contributed by atoms with Gasteiger partial charge in [-0.25, -0.2) is 0 Å². The predicted molar refractivity (Wildman–Crippen MR) is 133 cm³/mol. The number of benzene rings is 2. The molecule has 0 aliphatic rings. The van der Waals surface area contributed by atoms with E-state index in [1.165, 1.54) is 24.3 Å². The second kappa shape index (κ2) is 13.0. The molecule has 0 bridgehead atoms. The zero-order chi connectivity index (χ0) is 23.0. The van der Waals surface area contributed by atoms with Crippen LogP contribution < -0.4 is 10.6 Å². The van der Waals surface area contributed by atoms with Gasteiger partial charge in [0.1, 0.15) is 0 Å².